The van der Waals surface area contributed by atoms with Gasteiger partial charge in [0.1, 0.15) is 5.60 Å². The molecular formula is C31H25BrF3N3O3. The largest absolute Gasteiger partial charge is 0.481 e. The summed E-state index contributed by atoms with van der Waals surface area (Å²) in [5.41, 5.74) is 3.91. The second-order valence-electron chi connectivity index (χ2n) is 10.1. The van der Waals surface area contributed by atoms with E-state index in [1.807, 2.05) is 49.4 Å². The first kappa shape index (κ1) is 27.4. The quantitative estimate of drug-likeness (QED) is 0.207. The Bertz CT molecular complexity index is 1750. The highest BCUT2D eigenvalue weighted by Gasteiger charge is 2.45. The van der Waals surface area contributed by atoms with Gasteiger partial charge in [-0.15, -0.1) is 0 Å². The van der Waals surface area contributed by atoms with E-state index in [2.05, 4.69) is 21.0 Å². The minimum atomic E-state index is -4.40. The van der Waals surface area contributed by atoms with Crippen molar-refractivity contribution in [2.75, 3.05) is 13.7 Å². The lowest BCUT2D eigenvalue weighted by Gasteiger charge is -2.30. The van der Waals surface area contributed by atoms with Crippen LogP contribution >= 0.6 is 15.9 Å². The number of pyridine rings is 1. The van der Waals surface area contributed by atoms with Crippen molar-refractivity contribution in [2.45, 2.75) is 31.3 Å². The Balaban J connectivity index is 1.25. The minimum absolute atomic E-state index is 0.0145. The van der Waals surface area contributed by atoms with Crippen LogP contribution in [0.1, 0.15) is 23.6 Å². The lowest BCUT2D eigenvalue weighted by molar-refractivity contribution is -0.137. The van der Waals surface area contributed by atoms with Crippen molar-refractivity contribution >= 4 is 26.8 Å². The summed E-state index contributed by atoms with van der Waals surface area (Å²) in [5.74, 6) is 0.455. The van der Waals surface area contributed by atoms with Crippen LogP contribution in [-0.4, -0.2) is 39.7 Å². The molecule has 210 valence electrons. The SMILES string of the molecule is COc1nc2ccc(Br)cc2c2c1C(C)(OCC(O)Cn1ccc(-c3ccc(C(F)(F)F)cc3)n1)c1ccccc1-2. The van der Waals surface area contributed by atoms with E-state index in [4.69, 9.17) is 14.5 Å². The average Bonchev–Trinajstić information content (AvgIpc) is 3.53. The molecule has 1 aliphatic rings. The van der Waals surface area contributed by atoms with Crippen LogP contribution < -0.4 is 4.74 Å². The number of rotatable bonds is 7. The van der Waals surface area contributed by atoms with Gasteiger partial charge in [-0.2, -0.15) is 18.3 Å². The summed E-state index contributed by atoms with van der Waals surface area (Å²) >= 11 is 3.58. The molecule has 6 rings (SSSR count). The Labute approximate surface area is 242 Å². The molecule has 2 heterocycles. The van der Waals surface area contributed by atoms with Crippen molar-refractivity contribution in [3.8, 4) is 28.3 Å². The Morgan fingerprint density at radius 2 is 1.80 bits per heavy atom. The van der Waals surface area contributed by atoms with Crippen molar-refractivity contribution in [2.24, 2.45) is 0 Å². The molecule has 10 heteroatoms. The molecule has 0 saturated heterocycles. The van der Waals surface area contributed by atoms with E-state index in [9.17, 15) is 18.3 Å². The first-order chi connectivity index (χ1) is 19.6. The Morgan fingerprint density at radius 3 is 2.54 bits per heavy atom. The third-order valence-corrected chi connectivity index (χ3v) is 7.90. The van der Waals surface area contributed by atoms with Gasteiger partial charge in [0.25, 0.3) is 0 Å². The standard InChI is InChI=1S/C31H25BrF3N3O3/c1-30(41-17-21(39)16-38-14-13-25(37-38)18-7-9-19(10-8-18)31(33,34)35)24-6-4-3-5-22(24)27-23-15-20(32)11-12-26(23)36-29(40-2)28(27)30/h3-15,21,39H,16-17H2,1-2H3. The fourth-order valence-electron chi connectivity index (χ4n) is 5.46. The molecule has 0 radical (unpaired) electrons. The lowest BCUT2D eigenvalue weighted by atomic mass is 9.93. The van der Waals surface area contributed by atoms with E-state index in [1.54, 1.807) is 24.1 Å². The molecule has 0 fully saturated rings. The van der Waals surface area contributed by atoms with E-state index >= 15 is 0 Å². The maximum absolute atomic E-state index is 12.9. The van der Waals surface area contributed by atoms with Crippen LogP contribution in [0.4, 0.5) is 13.2 Å². The number of benzene rings is 3. The number of fused-ring (bicyclic) bond motifs is 5. The molecule has 1 aliphatic carbocycles. The Hall–Kier alpha value is -3.73. The van der Waals surface area contributed by atoms with Gasteiger partial charge in [0, 0.05) is 27.2 Å². The molecule has 1 N–H and O–H groups in total. The summed E-state index contributed by atoms with van der Waals surface area (Å²) in [4.78, 5) is 4.77. The predicted molar refractivity (Wildman–Crippen MR) is 153 cm³/mol. The summed E-state index contributed by atoms with van der Waals surface area (Å²) < 4.78 is 53.4. The topological polar surface area (TPSA) is 69.4 Å². The maximum atomic E-state index is 12.9. The van der Waals surface area contributed by atoms with E-state index in [0.29, 0.717) is 17.1 Å². The summed E-state index contributed by atoms with van der Waals surface area (Å²) in [5, 5.41) is 16.3. The fraction of sp³-hybridized carbons (Fsp3) is 0.226. The van der Waals surface area contributed by atoms with E-state index < -0.39 is 23.4 Å². The van der Waals surface area contributed by atoms with E-state index in [1.165, 1.54) is 12.1 Å². The molecule has 0 spiro atoms. The third-order valence-electron chi connectivity index (χ3n) is 7.41. The van der Waals surface area contributed by atoms with Gasteiger partial charge >= 0.3 is 6.18 Å². The molecule has 0 saturated carbocycles. The van der Waals surface area contributed by atoms with Gasteiger partial charge in [-0.3, -0.25) is 4.68 Å². The number of ether oxygens (including phenoxy) is 2. The molecular weight excluding hydrogens is 599 g/mol. The van der Waals surface area contributed by atoms with Crippen molar-refractivity contribution in [3.63, 3.8) is 0 Å². The highest BCUT2D eigenvalue weighted by Crippen LogP contribution is 2.55. The van der Waals surface area contributed by atoms with Gasteiger partial charge in [0.2, 0.25) is 5.88 Å². The number of alkyl halides is 3. The normalized spacial score (nSPS) is 17.0. The molecule has 0 bridgehead atoms. The summed E-state index contributed by atoms with van der Waals surface area (Å²) in [6.07, 6.45) is -3.64. The minimum Gasteiger partial charge on any atom is -0.481 e. The molecule has 3 aromatic carbocycles. The zero-order chi connectivity index (χ0) is 28.9. The van der Waals surface area contributed by atoms with E-state index in [-0.39, 0.29) is 13.2 Å². The van der Waals surface area contributed by atoms with Crippen molar-refractivity contribution < 1.29 is 27.8 Å². The van der Waals surface area contributed by atoms with Gasteiger partial charge in [-0.25, -0.2) is 4.98 Å². The average molecular weight is 624 g/mol. The van der Waals surface area contributed by atoms with Crippen LogP contribution in [0.3, 0.4) is 0 Å². The second-order valence-corrected chi connectivity index (χ2v) is 11.0. The number of aromatic nitrogens is 3. The van der Waals surface area contributed by atoms with Gasteiger partial charge in [-0.05, 0) is 54.4 Å². The number of hydrogen-bond acceptors (Lipinski definition) is 5. The smallest absolute Gasteiger partial charge is 0.416 e. The molecule has 0 aliphatic heterocycles. The monoisotopic (exact) mass is 623 g/mol. The summed E-state index contributed by atoms with van der Waals surface area (Å²) in [6, 6.07) is 20.4. The van der Waals surface area contributed by atoms with Gasteiger partial charge in [-0.1, -0.05) is 52.3 Å². The van der Waals surface area contributed by atoms with Crippen LogP contribution in [0.5, 0.6) is 5.88 Å². The second kappa shape index (κ2) is 10.3. The first-order valence-corrected chi connectivity index (χ1v) is 13.7. The number of aliphatic hydroxyl groups is 1. The summed E-state index contributed by atoms with van der Waals surface area (Å²) in [6.45, 7) is 2.07. The number of aliphatic hydroxyl groups excluding tert-OH is 1. The highest BCUT2D eigenvalue weighted by atomic mass is 79.9. The first-order valence-electron chi connectivity index (χ1n) is 12.9. The molecule has 2 atom stereocenters. The zero-order valence-electron chi connectivity index (χ0n) is 22.1. The van der Waals surface area contributed by atoms with Crippen LogP contribution in [0.2, 0.25) is 0 Å². The molecule has 2 unspecified atom stereocenters. The van der Waals surface area contributed by atoms with Gasteiger partial charge in [0.05, 0.1) is 48.7 Å². The van der Waals surface area contributed by atoms with Crippen molar-refractivity contribution in [1.29, 1.82) is 0 Å². The highest BCUT2D eigenvalue weighted by molar-refractivity contribution is 9.10. The molecule has 0 amide bonds. The third kappa shape index (κ3) is 4.90. The molecule has 2 aromatic heterocycles. The number of halogens is 4. The maximum Gasteiger partial charge on any atom is 0.416 e. The summed E-state index contributed by atoms with van der Waals surface area (Å²) in [7, 11) is 1.58. The number of methoxy groups -OCH3 is 1. The van der Waals surface area contributed by atoms with Crippen LogP contribution in [0, 0.1) is 0 Å². The predicted octanol–water partition coefficient (Wildman–Crippen LogP) is 7.21. The number of nitrogens with zero attached hydrogens (tertiary/aromatic N) is 3. The zero-order valence-corrected chi connectivity index (χ0v) is 23.7. The van der Waals surface area contributed by atoms with Crippen molar-refractivity contribution in [3.05, 3.63) is 100 Å². The lowest BCUT2D eigenvalue weighted by Crippen LogP contribution is -2.32. The molecule has 5 aromatic rings. The molecule has 6 nitrogen and oxygen atoms in total. The number of hydrogen-bond donors (Lipinski definition) is 1. The Kier molecular flexibility index (Phi) is 6.88. The van der Waals surface area contributed by atoms with Crippen LogP contribution in [0.15, 0.2) is 83.5 Å². The van der Waals surface area contributed by atoms with Crippen molar-refractivity contribution in [1.82, 2.24) is 14.8 Å². The van der Waals surface area contributed by atoms with Crippen LogP contribution in [0.25, 0.3) is 33.3 Å². The van der Waals surface area contributed by atoms with Gasteiger partial charge < -0.3 is 14.6 Å². The Morgan fingerprint density at radius 1 is 1.05 bits per heavy atom. The van der Waals surface area contributed by atoms with Crippen LogP contribution in [-0.2, 0) is 23.1 Å². The fourth-order valence-corrected chi connectivity index (χ4v) is 5.82. The van der Waals surface area contributed by atoms with Gasteiger partial charge in [0.15, 0.2) is 0 Å². The molecule has 41 heavy (non-hydrogen) atoms. The van der Waals surface area contributed by atoms with E-state index in [0.717, 1.165) is 49.8 Å².